The van der Waals surface area contributed by atoms with Crippen LogP contribution in [0, 0.1) is 11.7 Å². The van der Waals surface area contributed by atoms with Gasteiger partial charge in [0.1, 0.15) is 11.0 Å². The van der Waals surface area contributed by atoms with Crippen molar-refractivity contribution in [2.75, 3.05) is 33.0 Å². The number of piperidine rings is 1. The second-order valence-corrected chi connectivity index (χ2v) is 9.10. The van der Waals surface area contributed by atoms with E-state index in [4.69, 9.17) is 17.4 Å². The lowest BCUT2D eigenvalue weighted by Gasteiger charge is -2.32. The van der Waals surface area contributed by atoms with Gasteiger partial charge in [0.05, 0.1) is 11.1 Å². The lowest BCUT2D eigenvalue weighted by molar-refractivity contribution is -0.124. The van der Waals surface area contributed by atoms with Crippen LogP contribution in [0.15, 0.2) is 36.5 Å². The molecule has 4 rings (SSSR count). The number of likely N-dealkylation sites (tertiary alicyclic amines) is 1. The summed E-state index contributed by atoms with van der Waals surface area (Å²) < 4.78 is 14.3. The molecule has 0 aliphatic carbocycles. The Hall–Kier alpha value is -3.46. The molecule has 2 N–H and O–H groups in total. The number of ketones is 1. The molecule has 1 fully saturated rings. The highest BCUT2D eigenvalue weighted by atomic mass is 35.5. The number of benzene rings is 1. The molecule has 3 heterocycles. The standard InChI is InChI=1S/C24H25ClFN5O3/c1-29(2)24(34)20(32)19-13-31(27)22-17(19)12-18(21(25)28-22)23(33)30-9-7-15(8-10-30)11-14-3-5-16(26)6-4-14/h3-6,12-13,15H,7-11,27H2,1-2H3. The second-order valence-electron chi connectivity index (χ2n) is 8.74. The van der Waals surface area contributed by atoms with Gasteiger partial charge >= 0.3 is 0 Å². The van der Waals surface area contributed by atoms with E-state index in [1.54, 1.807) is 17.0 Å². The summed E-state index contributed by atoms with van der Waals surface area (Å²) in [4.78, 5) is 45.2. The fourth-order valence-corrected chi connectivity index (χ4v) is 4.48. The number of nitrogen functional groups attached to an aromatic ring is 1. The predicted molar refractivity (Wildman–Crippen MR) is 127 cm³/mol. The van der Waals surface area contributed by atoms with E-state index >= 15 is 0 Å². The highest BCUT2D eigenvalue weighted by Gasteiger charge is 2.28. The Morgan fingerprint density at radius 2 is 1.79 bits per heavy atom. The van der Waals surface area contributed by atoms with Crippen molar-refractivity contribution in [3.05, 3.63) is 64.2 Å². The first-order chi connectivity index (χ1) is 16.2. The molecule has 2 aromatic heterocycles. The highest BCUT2D eigenvalue weighted by Crippen LogP contribution is 2.28. The van der Waals surface area contributed by atoms with Crippen molar-refractivity contribution in [1.29, 1.82) is 0 Å². The number of hydrogen-bond acceptors (Lipinski definition) is 5. The Morgan fingerprint density at radius 1 is 1.15 bits per heavy atom. The highest BCUT2D eigenvalue weighted by molar-refractivity contribution is 6.45. The molecule has 10 heteroatoms. The van der Waals surface area contributed by atoms with Crippen LogP contribution in [0.2, 0.25) is 5.15 Å². The van der Waals surface area contributed by atoms with Crippen molar-refractivity contribution in [2.24, 2.45) is 5.92 Å². The van der Waals surface area contributed by atoms with Gasteiger partial charge in [-0.1, -0.05) is 23.7 Å². The molecule has 0 atom stereocenters. The van der Waals surface area contributed by atoms with Gasteiger partial charge in [-0.05, 0) is 48.9 Å². The number of rotatable bonds is 5. The normalized spacial score (nSPS) is 14.4. The van der Waals surface area contributed by atoms with Crippen LogP contribution in [0.4, 0.5) is 4.39 Å². The maximum absolute atomic E-state index is 13.3. The first-order valence-corrected chi connectivity index (χ1v) is 11.3. The van der Waals surface area contributed by atoms with Crippen LogP contribution in [0.3, 0.4) is 0 Å². The molecule has 1 aliphatic rings. The lowest BCUT2D eigenvalue weighted by atomic mass is 9.90. The minimum absolute atomic E-state index is 0.0197. The molecule has 1 saturated heterocycles. The summed E-state index contributed by atoms with van der Waals surface area (Å²) in [6.07, 6.45) is 3.74. The van der Waals surface area contributed by atoms with Gasteiger partial charge in [0.25, 0.3) is 17.6 Å². The summed E-state index contributed by atoms with van der Waals surface area (Å²) in [5.41, 5.74) is 1.49. The van der Waals surface area contributed by atoms with Crippen LogP contribution >= 0.6 is 11.6 Å². The molecule has 34 heavy (non-hydrogen) atoms. The Balaban J connectivity index is 1.53. The third-order valence-corrected chi connectivity index (χ3v) is 6.46. The van der Waals surface area contributed by atoms with Crippen LogP contribution in [0.5, 0.6) is 0 Å². The van der Waals surface area contributed by atoms with Crippen LogP contribution in [0.1, 0.15) is 39.1 Å². The van der Waals surface area contributed by atoms with Crippen molar-refractivity contribution in [3.8, 4) is 0 Å². The number of carbonyl (C=O) groups is 3. The van der Waals surface area contributed by atoms with Crippen LogP contribution < -0.4 is 5.84 Å². The smallest absolute Gasteiger partial charge is 0.294 e. The summed E-state index contributed by atoms with van der Waals surface area (Å²) >= 11 is 6.32. The maximum Gasteiger partial charge on any atom is 0.294 e. The van der Waals surface area contributed by atoms with Gasteiger partial charge in [-0.3, -0.25) is 19.1 Å². The van der Waals surface area contributed by atoms with Gasteiger partial charge in [0, 0.05) is 38.8 Å². The average Bonchev–Trinajstić information content (AvgIpc) is 3.14. The van der Waals surface area contributed by atoms with E-state index in [2.05, 4.69) is 4.98 Å². The van der Waals surface area contributed by atoms with Gasteiger partial charge in [-0.15, -0.1) is 0 Å². The Bertz CT molecular complexity index is 1260. The van der Waals surface area contributed by atoms with Crippen molar-refractivity contribution in [3.63, 3.8) is 0 Å². The van der Waals surface area contributed by atoms with E-state index in [1.165, 1.54) is 43.4 Å². The molecular formula is C24H25ClFN5O3. The van der Waals surface area contributed by atoms with Crippen molar-refractivity contribution in [1.82, 2.24) is 19.5 Å². The van der Waals surface area contributed by atoms with E-state index in [-0.39, 0.29) is 33.7 Å². The second kappa shape index (κ2) is 9.42. The molecule has 1 aliphatic heterocycles. The number of Topliss-reactive ketones (excluding diaryl/α,β-unsaturated/α-hetero) is 1. The summed E-state index contributed by atoms with van der Waals surface area (Å²) in [5.74, 6) is 4.30. The largest absolute Gasteiger partial charge is 0.342 e. The molecule has 0 spiro atoms. The SMILES string of the molecule is CN(C)C(=O)C(=O)c1cn(N)c2nc(Cl)c(C(=O)N3CCC(Cc4ccc(F)cc4)CC3)cc12. The Labute approximate surface area is 201 Å². The lowest BCUT2D eigenvalue weighted by Crippen LogP contribution is -2.39. The molecule has 0 bridgehead atoms. The number of fused-ring (bicyclic) bond motifs is 1. The van der Waals surface area contributed by atoms with E-state index < -0.39 is 11.7 Å². The van der Waals surface area contributed by atoms with E-state index in [1.807, 2.05) is 0 Å². The van der Waals surface area contributed by atoms with Crippen molar-refractivity contribution >= 4 is 40.2 Å². The van der Waals surface area contributed by atoms with Crippen molar-refractivity contribution < 1.29 is 18.8 Å². The number of halogens is 2. The van der Waals surface area contributed by atoms with Gasteiger partial charge in [-0.25, -0.2) is 9.37 Å². The number of likely N-dealkylation sites (N-methyl/N-ethyl adjacent to an activating group) is 1. The van der Waals surface area contributed by atoms with Crippen LogP contribution in [-0.2, 0) is 11.2 Å². The number of amides is 2. The van der Waals surface area contributed by atoms with Gasteiger partial charge in [0.15, 0.2) is 5.65 Å². The molecule has 1 aromatic carbocycles. The molecule has 0 unspecified atom stereocenters. The number of carbonyl (C=O) groups excluding carboxylic acids is 3. The number of aromatic nitrogens is 2. The third-order valence-electron chi connectivity index (χ3n) is 6.17. The summed E-state index contributed by atoms with van der Waals surface area (Å²) in [5, 5.41) is 0.273. The van der Waals surface area contributed by atoms with E-state index in [0.29, 0.717) is 24.4 Å². The first-order valence-electron chi connectivity index (χ1n) is 10.9. The number of hydrogen-bond donors (Lipinski definition) is 1. The molecule has 0 radical (unpaired) electrons. The van der Waals surface area contributed by atoms with Gasteiger partial charge in [-0.2, -0.15) is 0 Å². The first kappa shape index (κ1) is 23.7. The minimum atomic E-state index is -0.747. The monoisotopic (exact) mass is 485 g/mol. The van der Waals surface area contributed by atoms with Crippen LogP contribution in [0.25, 0.3) is 11.0 Å². The summed E-state index contributed by atoms with van der Waals surface area (Å²) in [6.45, 7) is 1.09. The quantitative estimate of drug-likeness (QED) is 0.259. The maximum atomic E-state index is 13.3. The number of pyridine rings is 1. The van der Waals surface area contributed by atoms with E-state index in [9.17, 15) is 18.8 Å². The topological polar surface area (TPSA) is 102 Å². The number of nitrogens with zero attached hydrogens (tertiary/aromatic N) is 4. The predicted octanol–water partition coefficient (Wildman–Crippen LogP) is 2.91. The molecule has 8 nitrogen and oxygen atoms in total. The molecular weight excluding hydrogens is 461 g/mol. The molecule has 3 aromatic rings. The molecule has 178 valence electrons. The zero-order valence-electron chi connectivity index (χ0n) is 18.9. The minimum Gasteiger partial charge on any atom is -0.342 e. The summed E-state index contributed by atoms with van der Waals surface area (Å²) in [7, 11) is 2.96. The third kappa shape index (κ3) is 4.61. The zero-order valence-corrected chi connectivity index (χ0v) is 19.7. The zero-order chi connectivity index (χ0) is 24.6. The number of nitrogens with two attached hydrogens (primary N) is 1. The molecule has 2 amide bonds. The Kier molecular flexibility index (Phi) is 6.56. The Morgan fingerprint density at radius 3 is 2.41 bits per heavy atom. The fraction of sp³-hybridized carbons (Fsp3) is 0.333. The molecule has 0 saturated carbocycles. The van der Waals surface area contributed by atoms with Crippen molar-refractivity contribution in [2.45, 2.75) is 19.3 Å². The fourth-order valence-electron chi connectivity index (χ4n) is 4.26. The van der Waals surface area contributed by atoms with Gasteiger partial charge < -0.3 is 15.6 Å². The van der Waals surface area contributed by atoms with Crippen LogP contribution in [-0.4, -0.2) is 64.2 Å². The summed E-state index contributed by atoms with van der Waals surface area (Å²) in [6, 6.07) is 7.98. The van der Waals surface area contributed by atoms with Gasteiger partial charge in [0.2, 0.25) is 0 Å². The average molecular weight is 486 g/mol. The van der Waals surface area contributed by atoms with E-state index in [0.717, 1.165) is 29.5 Å².